The molecule has 4 rings (SSSR count). The number of ether oxygens (including phenoxy) is 2. The van der Waals surface area contributed by atoms with E-state index in [0.717, 1.165) is 45.1 Å². The summed E-state index contributed by atoms with van der Waals surface area (Å²) in [5.74, 6) is 0.977. The van der Waals surface area contributed by atoms with Gasteiger partial charge in [-0.1, -0.05) is 49.6 Å². The Hall–Kier alpha value is -1.62. The number of hydrogen-bond donors (Lipinski definition) is 1. The largest absolute Gasteiger partial charge is 0.496 e. The van der Waals surface area contributed by atoms with Crippen LogP contribution in [0.25, 0.3) is 10.8 Å². The van der Waals surface area contributed by atoms with Crippen LogP contribution in [0.15, 0.2) is 36.4 Å². The summed E-state index contributed by atoms with van der Waals surface area (Å²) in [6.07, 6.45) is 6.66. The maximum absolute atomic E-state index is 5.67. The quantitative estimate of drug-likeness (QED) is 0.836. The van der Waals surface area contributed by atoms with Gasteiger partial charge in [0.2, 0.25) is 0 Å². The molecular weight excluding hydrogens is 336 g/mol. The third kappa shape index (κ3) is 3.98. The number of rotatable bonds is 6. The van der Waals surface area contributed by atoms with Crippen LogP contribution in [0.2, 0.25) is 0 Å². The van der Waals surface area contributed by atoms with Crippen molar-refractivity contribution < 1.29 is 9.47 Å². The molecule has 0 radical (unpaired) electrons. The highest BCUT2D eigenvalue weighted by molar-refractivity contribution is 5.87. The van der Waals surface area contributed by atoms with Gasteiger partial charge in [0.05, 0.1) is 20.3 Å². The van der Waals surface area contributed by atoms with E-state index in [1.54, 1.807) is 7.11 Å². The van der Waals surface area contributed by atoms with Crippen LogP contribution in [0.5, 0.6) is 5.75 Å². The second-order valence-electron chi connectivity index (χ2n) is 7.96. The van der Waals surface area contributed by atoms with E-state index in [2.05, 4.69) is 46.6 Å². The number of nitrogens with one attached hydrogen (secondary N) is 1. The van der Waals surface area contributed by atoms with Crippen molar-refractivity contribution >= 4 is 10.8 Å². The number of fused-ring (bicyclic) bond motifs is 1. The smallest absolute Gasteiger partial charge is 0.123 e. The van der Waals surface area contributed by atoms with E-state index < -0.39 is 0 Å². The zero-order valence-corrected chi connectivity index (χ0v) is 16.5. The zero-order chi connectivity index (χ0) is 18.5. The summed E-state index contributed by atoms with van der Waals surface area (Å²) in [7, 11) is 1.77. The van der Waals surface area contributed by atoms with Crippen LogP contribution in [-0.2, 0) is 11.3 Å². The Morgan fingerprint density at radius 1 is 1.04 bits per heavy atom. The van der Waals surface area contributed by atoms with Crippen molar-refractivity contribution in [2.24, 2.45) is 0 Å². The second kappa shape index (κ2) is 8.59. The molecule has 0 unspecified atom stereocenters. The molecule has 1 heterocycles. The molecule has 0 bridgehead atoms. The monoisotopic (exact) mass is 368 g/mol. The molecule has 0 atom stereocenters. The standard InChI is InChI=1S/C23H32N2O2/c1-26-22-10-9-19-7-3-4-8-20(19)21(22)17-24-18-23(11-5-2-6-12-23)25-13-15-27-16-14-25/h3-4,7-10,24H,2,5-6,11-18H2,1H3. The van der Waals surface area contributed by atoms with E-state index in [0.29, 0.717) is 5.54 Å². The topological polar surface area (TPSA) is 33.7 Å². The first-order chi connectivity index (χ1) is 13.3. The van der Waals surface area contributed by atoms with Gasteiger partial charge in [0.1, 0.15) is 5.75 Å². The molecule has 1 N–H and O–H groups in total. The van der Waals surface area contributed by atoms with Crippen LogP contribution >= 0.6 is 0 Å². The summed E-state index contributed by atoms with van der Waals surface area (Å²) in [5.41, 5.74) is 1.56. The summed E-state index contributed by atoms with van der Waals surface area (Å²) >= 11 is 0. The molecule has 2 aromatic carbocycles. The van der Waals surface area contributed by atoms with Crippen molar-refractivity contribution in [2.75, 3.05) is 40.0 Å². The molecule has 0 spiro atoms. The van der Waals surface area contributed by atoms with E-state index in [4.69, 9.17) is 9.47 Å². The molecule has 2 fully saturated rings. The van der Waals surface area contributed by atoms with Crippen molar-refractivity contribution in [3.05, 3.63) is 42.0 Å². The lowest BCUT2D eigenvalue weighted by atomic mass is 9.79. The van der Waals surface area contributed by atoms with Crippen molar-refractivity contribution in [1.29, 1.82) is 0 Å². The third-order valence-electron chi connectivity index (χ3n) is 6.44. The van der Waals surface area contributed by atoms with Crippen molar-refractivity contribution in [3.8, 4) is 5.75 Å². The fourth-order valence-corrected chi connectivity index (χ4v) is 4.96. The van der Waals surface area contributed by atoms with E-state index in [1.165, 1.54) is 48.4 Å². The van der Waals surface area contributed by atoms with Gasteiger partial charge < -0.3 is 14.8 Å². The number of methoxy groups -OCH3 is 1. The number of hydrogen-bond acceptors (Lipinski definition) is 4. The SMILES string of the molecule is COc1ccc2ccccc2c1CNCC1(N2CCOCC2)CCCCC1. The molecule has 1 saturated carbocycles. The first-order valence-electron chi connectivity index (χ1n) is 10.4. The zero-order valence-electron chi connectivity index (χ0n) is 16.5. The third-order valence-corrected chi connectivity index (χ3v) is 6.44. The van der Waals surface area contributed by atoms with Gasteiger partial charge in [0, 0.05) is 37.3 Å². The van der Waals surface area contributed by atoms with E-state index in [9.17, 15) is 0 Å². The van der Waals surface area contributed by atoms with Crippen LogP contribution < -0.4 is 10.1 Å². The second-order valence-corrected chi connectivity index (χ2v) is 7.96. The molecule has 146 valence electrons. The molecule has 2 aromatic rings. The van der Waals surface area contributed by atoms with E-state index in [1.807, 2.05) is 0 Å². The van der Waals surface area contributed by atoms with Crippen LogP contribution in [0.3, 0.4) is 0 Å². The number of benzene rings is 2. The number of nitrogens with zero attached hydrogens (tertiary/aromatic N) is 1. The molecular formula is C23H32N2O2. The molecule has 0 amide bonds. The molecule has 4 nitrogen and oxygen atoms in total. The average Bonchev–Trinajstić information content (AvgIpc) is 2.75. The highest BCUT2D eigenvalue weighted by Crippen LogP contribution is 2.34. The maximum atomic E-state index is 5.67. The molecule has 1 aliphatic carbocycles. The lowest BCUT2D eigenvalue weighted by Crippen LogP contribution is -2.59. The lowest BCUT2D eigenvalue weighted by Gasteiger charge is -2.48. The van der Waals surface area contributed by atoms with Crippen LogP contribution in [0.4, 0.5) is 0 Å². The highest BCUT2D eigenvalue weighted by Gasteiger charge is 2.38. The van der Waals surface area contributed by atoms with Crippen molar-refractivity contribution in [3.63, 3.8) is 0 Å². The number of morpholine rings is 1. The van der Waals surface area contributed by atoms with Crippen LogP contribution in [-0.4, -0.2) is 50.4 Å². The van der Waals surface area contributed by atoms with Crippen LogP contribution in [0.1, 0.15) is 37.7 Å². The molecule has 27 heavy (non-hydrogen) atoms. The summed E-state index contributed by atoms with van der Waals surface area (Å²) in [5, 5.41) is 6.37. The summed E-state index contributed by atoms with van der Waals surface area (Å²) < 4.78 is 11.3. The van der Waals surface area contributed by atoms with Crippen molar-refractivity contribution in [1.82, 2.24) is 10.2 Å². The Labute approximate surface area is 162 Å². The van der Waals surface area contributed by atoms with Gasteiger partial charge in [-0.3, -0.25) is 4.90 Å². The molecule has 1 aliphatic heterocycles. The van der Waals surface area contributed by atoms with Gasteiger partial charge in [0.15, 0.2) is 0 Å². The fraction of sp³-hybridized carbons (Fsp3) is 0.565. The lowest BCUT2D eigenvalue weighted by molar-refractivity contribution is -0.0369. The molecule has 0 aromatic heterocycles. The van der Waals surface area contributed by atoms with E-state index in [-0.39, 0.29) is 0 Å². The summed E-state index contributed by atoms with van der Waals surface area (Å²) in [6, 6.07) is 12.8. The van der Waals surface area contributed by atoms with Gasteiger partial charge in [-0.25, -0.2) is 0 Å². The Bertz CT molecular complexity index is 749. The Morgan fingerprint density at radius 3 is 2.59 bits per heavy atom. The summed E-state index contributed by atoms with van der Waals surface area (Å²) in [4.78, 5) is 2.70. The maximum Gasteiger partial charge on any atom is 0.123 e. The van der Waals surface area contributed by atoms with Gasteiger partial charge in [-0.2, -0.15) is 0 Å². The predicted molar refractivity (Wildman–Crippen MR) is 110 cm³/mol. The summed E-state index contributed by atoms with van der Waals surface area (Å²) in [6.45, 7) is 5.77. The highest BCUT2D eigenvalue weighted by atomic mass is 16.5. The van der Waals surface area contributed by atoms with E-state index >= 15 is 0 Å². The Balaban J connectivity index is 1.51. The first kappa shape index (κ1) is 18.7. The van der Waals surface area contributed by atoms with Gasteiger partial charge in [0.25, 0.3) is 0 Å². The molecule has 1 saturated heterocycles. The first-order valence-corrected chi connectivity index (χ1v) is 10.4. The predicted octanol–water partition coefficient (Wildman–Crippen LogP) is 3.97. The normalized spacial score (nSPS) is 20.6. The molecule has 4 heteroatoms. The Kier molecular flexibility index (Phi) is 5.96. The Morgan fingerprint density at radius 2 is 1.81 bits per heavy atom. The minimum Gasteiger partial charge on any atom is -0.496 e. The van der Waals surface area contributed by atoms with Crippen LogP contribution in [0, 0.1) is 0 Å². The van der Waals surface area contributed by atoms with Gasteiger partial charge in [-0.05, 0) is 29.7 Å². The fourth-order valence-electron chi connectivity index (χ4n) is 4.96. The minimum absolute atomic E-state index is 0.292. The average molecular weight is 369 g/mol. The minimum atomic E-state index is 0.292. The van der Waals surface area contributed by atoms with Gasteiger partial charge >= 0.3 is 0 Å². The molecule has 2 aliphatic rings. The van der Waals surface area contributed by atoms with Crippen molar-refractivity contribution in [2.45, 2.75) is 44.2 Å². The van der Waals surface area contributed by atoms with Gasteiger partial charge in [-0.15, -0.1) is 0 Å².